The number of likely N-dealkylation sites (tertiary alicyclic amines) is 1. The summed E-state index contributed by atoms with van der Waals surface area (Å²) in [7, 11) is 0. The zero-order chi connectivity index (χ0) is 17.8. The molecule has 2 aromatic carbocycles. The van der Waals surface area contributed by atoms with Crippen LogP contribution < -0.4 is 5.32 Å². The third-order valence-corrected chi connectivity index (χ3v) is 4.24. The van der Waals surface area contributed by atoms with Crippen molar-refractivity contribution in [3.8, 4) is 0 Å². The van der Waals surface area contributed by atoms with Gasteiger partial charge < -0.3 is 10.2 Å². The molecule has 1 fully saturated rings. The van der Waals surface area contributed by atoms with Gasteiger partial charge in [-0.3, -0.25) is 9.59 Å². The van der Waals surface area contributed by atoms with Crippen LogP contribution in [-0.4, -0.2) is 29.8 Å². The van der Waals surface area contributed by atoms with Gasteiger partial charge in [0.2, 0.25) is 5.91 Å². The zero-order valence-corrected chi connectivity index (χ0v) is 13.5. The summed E-state index contributed by atoms with van der Waals surface area (Å²) in [4.78, 5) is 25.8. The molecule has 0 radical (unpaired) electrons. The van der Waals surface area contributed by atoms with Crippen LogP contribution in [0.2, 0.25) is 0 Å². The van der Waals surface area contributed by atoms with Crippen molar-refractivity contribution in [1.29, 1.82) is 0 Å². The molecule has 1 aliphatic heterocycles. The molecule has 1 unspecified atom stereocenters. The average Bonchev–Trinajstić information content (AvgIpc) is 2.95. The van der Waals surface area contributed by atoms with Crippen molar-refractivity contribution < 1.29 is 18.4 Å². The topological polar surface area (TPSA) is 49.4 Å². The molecule has 6 heteroatoms. The Hall–Kier alpha value is -2.76. The molecule has 1 saturated heterocycles. The smallest absolute Gasteiger partial charge is 0.251 e. The molecule has 0 aromatic heterocycles. The van der Waals surface area contributed by atoms with Crippen molar-refractivity contribution in [2.45, 2.75) is 13.0 Å². The fraction of sp³-hybridized carbons (Fsp3) is 0.263. The Balaban J connectivity index is 1.51. The molecule has 2 amide bonds. The SMILES string of the molecule is O=C(NCC1CC(=O)N(Cc2ccc(F)cc2)C1)c1ccc(F)cc1. The molecule has 0 spiro atoms. The standard InChI is InChI=1S/C19H18F2N2O2/c20-16-5-1-13(2-6-16)11-23-12-14(9-18(23)24)10-22-19(25)15-3-7-17(21)8-4-15/h1-8,14H,9-12H2,(H,22,25). The minimum absolute atomic E-state index is 0.0188. The highest BCUT2D eigenvalue weighted by Crippen LogP contribution is 2.20. The van der Waals surface area contributed by atoms with Gasteiger partial charge in [-0.15, -0.1) is 0 Å². The Bertz CT molecular complexity index is 760. The maximum atomic E-state index is 12.9. The monoisotopic (exact) mass is 344 g/mol. The maximum Gasteiger partial charge on any atom is 0.251 e. The van der Waals surface area contributed by atoms with Gasteiger partial charge in [-0.05, 0) is 42.0 Å². The van der Waals surface area contributed by atoms with Gasteiger partial charge in [-0.1, -0.05) is 12.1 Å². The van der Waals surface area contributed by atoms with E-state index in [-0.39, 0.29) is 23.5 Å². The molecule has 130 valence electrons. The lowest BCUT2D eigenvalue weighted by Crippen LogP contribution is -2.31. The molecule has 0 aliphatic carbocycles. The average molecular weight is 344 g/mol. The number of hydrogen-bond donors (Lipinski definition) is 1. The second kappa shape index (κ2) is 7.42. The van der Waals surface area contributed by atoms with Gasteiger partial charge >= 0.3 is 0 Å². The normalized spacial score (nSPS) is 17.0. The van der Waals surface area contributed by atoms with E-state index in [4.69, 9.17) is 0 Å². The Labute approximate surface area is 144 Å². The molecule has 3 rings (SSSR count). The first kappa shape index (κ1) is 17.1. The van der Waals surface area contributed by atoms with E-state index in [1.54, 1.807) is 17.0 Å². The van der Waals surface area contributed by atoms with Crippen LogP contribution in [0.25, 0.3) is 0 Å². The molecule has 1 atom stereocenters. The fourth-order valence-corrected chi connectivity index (χ4v) is 2.89. The van der Waals surface area contributed by atoms with Crippen molar-refractivity contribution in [3.05, 3.63) is 71.3 Å². The van der Waals surface area contributed by atoms with Crippen LogP contribution in [0.3, 0.4) is 0 Å². The van der Waals surface area contributed by atoms with Crippen molar-refractivity contribution in [2.75, 3.05) is 13.1 Å². The zero-order valence-electron chi connectivity index (χ0n) is 13.5. The first-order valence-corrected chi connectivity index (χ1v) is 8.07. The molecule has 4 nitrogen and oxygen atoms in total. The van der Waals surface area contributed by atoms with Crippen molar-refractivity contribution in [2.24, 2.45) is 5.92 Å². The summed E-state index contributed by atoms with van der Waals surface area (Å²) in [6.45, 7) is 1.35. The number of rotatable bonds is 5. The van der Waals surface area contributed by atoms with Gasteiger partial charge in [0.25, 0.3) is 5.91 Å². The first-order valence-electron chi connectivity index (χ1n) is 8.07. The van der Waals surface area contributed by atoms with E-state index < -0.39 is 5.82 Å². The highest BCUT2D eigenvalue weighted by Gasteiger charge is 2.29. The first-order chi connectivity index (χ1) is 12.0. The highest BCUT2D eigenvalue weighted by molar-refractivity contribution is 5.94. The van der Waals surface area contributed by atoms with E-state index in [0.29, 0.717) is 31.6 Å². The highest BCUT2D eigenvalue weighted by atomic mass is 19.1. The molecule has 25 heavy (non-hydrogen) atoms. The Morgan fingerprint density at radius 1 is 1.04 bits per heavy atom. The number of carbonyl (C=O) groups is 2. The second-order valence-corrected chi connectivity index (χ2v) is 6.19. The second-order valence-electron chi connectivity index (χ2n) is 6.19. The Morgan fingerprint density at radius 3 is 2.28 bits per heavy atom. The van der Waals surface area contributed by atoms with E-state index >= 15 is 0 Å². The van der Waals surface area contributed by atoms with Crippen LogP contribution in [-0.2, 0) is 11.3 Å². The Morgan fingerprint density at radius 2 is 1.64 bits per heavy atom. The summed E-state index contributed by atoms with van der Waals surface area (Å²) >= 11 is 0. The third kappa shape index (κ3) is 4.41. The number of carbonyl (C=O) groups excluding carboxylic acids is 2. The van der Waals surface area contributed by atoms with Crippen LogP contribution >= 0.6 is 0 Å². The van der Waals surface area contributed by atoms with Gasteiger partial charge in [0.1, 0.15) is 11.6 Å². The minimum atomic E-state index is -0.394. The van der Waals surface area contributed by atoms with Crippen molar-refractivity contribution in [3.63, 3.8) is 0 Å². The molecule has 0 bridgehead atoms. The number of nitrogens with zero attached hydrogens (tertiary/aromatic N) is 1. The van der Waals surface area contributed by atoms with E-state index in [2.05, 4.69) is 5.32 Å². The van der Waals surface area contributed by atoms with E-state index in [9.17, 15) is 18.4 Å². The summed E-state index contributed by atoms with van der Waals surface area (Å²) in [6.07, 6.45) is 0.366. The lowest BCUT2D eigenvalue weighted by atomic mass is 10.1. The number of amides is 2. The summed E-state index contributed by atoms with van der Waals surface area (Å²) < 4.78 is 25.8. The Kier molecular flexibility index (Phi) is 5.07. The van der Waals surface area contributed by atoms with E-state index in [1.165, 1.54) is 36.4 Å². The number of nitrogens with one attached hydrogen (secondary N) is 1. The lowest BCUT2D eigenvalue weighted by molar-refractivity contribution is -0.128. The van der Waals surface area contributed by atoms with Gasteiger partial charge in [0.05, 0.1) is 0 Å². The fourth-order valence-electron chi connectivity index (χ4n) is 2.89. The summed E-state index contributed by atoms with van der Waals surface area (Å²) in [5, 5.41) is 2.78. The molecule has 1 heterocycles. The summed E-state index contributed by atoms with van der Waals surface area (Å²) in [5.41, 5.74) is 1.25. The van der Waals surface area contributed by atoms with Crippen LogP contribution in [0.1, 0.15) is 22.3 Å². The van der Waals surface area contributed by atoms with Crippen molar-refractivity contribution >= 4 is 11.8 Å². The molecular weight excluding hydrogens is 326 g/mol. The largest absolute Gasteiger partial charge is 0.352 e. The van der Waals surface area contributed by atoms with Gasteiger partial charge in [0.15, 0.2) is 0 Å². The molecule has 1 N–H and O–H groups in total. The van der Waals surface area contributed by atoms with Crippen molar-refractivity contribution in [1.82, 2.24) is 10.2 Å². The van der Waals surface area contributed by atoms with Crippen LogP contribution in [0, 0.1) is 17.6 Å². The van der Waals surface area contributed by atoms with E-state index in [0.717, 1.165) is 5.56 Å². The number of halogens is 2. The molecular formula is C19H18F2N2O2. The van der Waals surface area contributed by atoms with Crippen LogP contribution in [0.4, 0.5) is 8.78 Å². The third-order valence-electron chi connectivity index (χ3n) is 4.24. The van der Waals surface area contributed by atoms with E-state index in [1.807, 2.05) is 0 Å². The van der Waals surface area contributed by atoms with Gasteiger partial charge in [-0.2, -0.15) is 0 Å². The predicted molar refractivity (Wildman–Crippen MR) is 88.7 cm³/mol. The number of benzene rings is 2. The predicted octanol–water partition coefficient (Wildman–Crippen LogP) is 2.74. The molecule has 2 aromatic rings. The lowest BCUT2D eigenvalue weighted by Gasteiger charge is -2.17. The number of hydrogen-bond acceptors (Lipinski definition) is 2. The van der Waals surface area contributed by atoms with Gasteiger partial charge in [0, 0.05) is 37.5 Å². The van der Waals surface area contributed by atoms with Gasteiger partial charge in [-0.25, -0.2) is 8.78 Å². The van der Waals surface area contributed by atoms with Crippen LogP contribution in [0.5, 0.6) is 0 Å². The minimum Gasteiger partial charge on any atom is -0.352 e. The summed E-state index contributed by atoms with van der Waals surface area (Å²) in [6, 6.07) is 11.4. The summed E-state index contributed by atoms with van der Waals surface area (Å²) in [5.74, 6) is -0.945. The molecule has 1 aliphatic rings. The maximum absolute atomic E-state index is 12.9. The quantitative estimate of drug-likeness (QED) is 0.907. The molecule has 0 saturated carbocycles. The van der Waals surface area contributed by atoms with Crippen LogP contribution in [0.15, 0.2) is 48.5 Å².